The zero-order valence-corrected chi connectivity index (χ0v) is 18.2. The summed E-state index contributed by atoms with van der Waals surface area (Å²) in [5, 5.41) is 0. The second-order valence-corrected chi connectivity index (χ2v) is 6.52. The van der Waals surface area contributed by atoms with E-state index >= 15 is 0 Å². The van der Waals surface area contributed by atoms with Crippen molar-refractivity contribution in [2.75, 3.05) is 42.7 Å². The number of hydrogen-bond acceptors (Lipinski definition) is 9. The van der Waals surface area contributed by atoms with Crippen LogP contribution in [0.4, 0.5) is 0 Å². The van der Waals surface area contributed by atoms with Crippen LogP contribution in [0.15, 0.2) is 30.3 Å². The van der Waals surface area contributed by atoms with Gasteiger partial charge in [0.25, 0.3) is 0 Å². The van der Waals surface area contributed by atoms with E-state index in [1.165, 1.54) is 42.7 Å². The SMILES string of the molecule is CO[P+](=O)OC.CO[P+](=O)OC.CO[PH+](O)OC.[Co].c1cc[cH-]c1. The molecule has 0 saturated heterocycles. The van der Waals surface area contributed by atoms with Crippen molar-refractivity contribution in [2.24, 2.45) is 0 Å². The summed E-state index contributed by atoms with van der Waals surface area (Å²) in [4.78, 5) is 8.32. The van der Waals surface area contributed by atoms with Gasteiger partial charge in [0.15, 0.2) is 0 Å². The first-order chi connectivity index (χ1) is 10.9. The van der Waals surface area contributed by atoms with E-state index < -0.39 is 25.1 Å². The summed E-state index contributed by atoms with van der Waals surface area (Å²) in [6.45, 7) is 0. The quantitative estimate of drug-likeness (QED) is 0.511. The summed E-state index contributed by atoms with van der Waals surface area (Å²) in [5.41, 5.74) is 0. The van der Waals surface area contributed by atoms with E-state index in [1.807, 2.05) is 30.3 Å². The van der Waals surface area contributed by atoms with Crippen LogP contribution in [0.1, 0.15) is 0 Å². The molecule has 1 aromatic carbocycles. The Bertz CT molecular complexity index is 305. The molecule has 0 aliphatic carbocycles. The first-order valence-corrected chi connectivity index (χ1v) is 9.30. The van der Waals surface area contributed by atoms with Gasteiger partial charge in [0.2, 0.25) is 0 Å². The van der Waals surface area contributed by atoms with Gasteiger partial charge in [-0.1, -0.05) is 0 Å². The van der Waals surface area contributed by atoms with Crippen LogP contribution in [0.2, 0.25) is 0 Å². The van der Waals surface area contributed by atoms with Gasteiger partial charge in [-0.25, -0.2) is 12.1 Å². The normalized spacial score (nSPS) is 8.33. The zero-order chi connectivity index (χ0) is 18.5. The minimum absolute atomic E-state index is 0. The Morgan fingerprint density at radius 3 is 1.12 bits per heavy atom. The van der Waals surface area contributed by atoms with Crippen molar-refractivity contribution in [1.29, 1.82) is 0 Å². The molecule has 0 fully saturated rings. The molecule has 1 aromatic rings. The summed E-state index contributed by atoms with van der Waals surface area (Å²) in [5.74, 6) is 0. The van der Waals surface area contributed by atoms with Crippen LogP contribution in [0.25, 0.3) is 0 Å². The molecule has 13 heteroatoms. The average molecular weight is 453 g/mol. The van der Waals surface area contributed by atoms with Crippen molar-refractivity contribution in [2.45, 2.75) is 0 Å². The predicted octanol–water partition coefficient (Wildman–Crippen LogP) is 3.51. The van der Waals surface area contributed by atoms with Crippen molar-refractivity contribution >= 4 is 25.1 Å². The molecule has 1 rings (SSSR count). The van der Waals surface area contributed by atoms with Crippen molar-refractivity contribution in [3.05, 3.63) is 30.3 Å². The maximum atomic E-state index is 9.88. The molecule has 0 heterocycles. The van der Waals surface area contributed by atoms with Crippen LogP contribution in [0.3, 0.4) is 0 Å². The second kappa shape index (κ2) is 28.0. The van der Waals surface area contributed by atoms with E-state index in [1.54, 1.807) is 0 Å². The van der Waals surface area contributed by atoms with Crippen molar-refractivity contribution in [3.8, 4) is 0 Å². The van der Waals surface area contributed by atoms with Gasteiger partial charge in [-0.05, 0) is 0 Å². The van der Waals surface area contributed by atoms with E-state index in [4.69, 9.17) is 4.89 Å². The molecule has 9 nitrogen and oxygen atoms in total. The van der Waals surface area contributed by atoms with E-state index in [0.717, 1.165) is 0 Å². The fourth-order valence-electron chi connectivity index (χ4n) is 0.553. The molecule has 145 valence electrons. The van der Waals surface area contributed by atoms with E-state index in [2.05, 4.69) is 27.1 Å². The van der Waals surface area contributed by atoms with E-state index in [0.29, 0.717) is 0 Å². The predicted molar refractivity (Wildman–Crippen MR) is 89.8 cm³/mol. The molecule has 24 heavy (non-hydrogen) atoms. The van der Waals surface area contributed by atoms with Gasteiger partial charge < -0.3 is 0 Å². The standard InChI is InChI=1S/C5H5.C2H8O3P.2C2H6O3P.Co/c1-2-4-5-3-1;3*1-4-6(3)5-2;/h1-5H;3,6H,1-2H3;2*1-2H3;/q-1;3*+1;. The first kappa shape index (κ1) is 31.9. The Balaban J connectivity index is -0.000000110. The van der Waals surface area contributed by atoms with Crippen LogP contribution in [-0.4, -0.2) is 47.6 Å². The van der Waals surface area contributed by atoms with Gasteiger partial charge in [-0.2, -0.15) is 32.1 Å². The van der Waals surface area contributed by atoms with Gasteiger partial charge in [0.1, 0.15) is 0 Å². The molecule has 0 spiro atoms. The van der Waals surface area contributed by atoms with Crippen LogP contribution in [-0.2, 0) is 53.1 Å². The molecule has 1 radical (unpaired) electrons. The monoisotopic (exact) mass is 453 g/mol. The molecule has 0 unspecified atom stereocenters. The molecule has 0 atom stereocenters. The Labute approximate surface area is 156 Å². The summed E-state index contributed by atoms with van der Waals surface area (Å²) in [6.07, 6.45) is 0. The smallest absolute Gasteiger partial charge is 0.214 e. The van der Waals surface area contributed by atoms with Crippen LogP contribution in [0, 0.1) is 0 Å². The van der Waals surface area contributed by atoms with Gasteiger partial charge >= 0.3 is 25.1 Å². The topological polar surface area (TPSA) is 110 Å². The Kier molecular flexibility index (Phi) is 37.3. The van der Waals surface area contributed by atoms with Crippen LogP contribution >= 0.6 is 25.1 Å². The first-order valence-electron chi connectivity index (χ1n) is 5.84. The average Bonchev–Trinajstić information content (AvgIpc) is 3.20. The van der Waals surface area contributed by atoms with Crippen molar-refractivity contribution in [3.63, 3.8) is 0 Å². The van der Waals surface area contributed by atoms with E-state index in [-0.39, 0.29) is 16.8 Å². The van der Waals surface area contributed by atoms with Gasteiger partial charge in [0, 0.05) is 25.9 Å². The van der Waals surface area contributed by atoms with E-state index in [9.17, 15) is 9.13 Å². The zero-order valence-electron chi connectivity index (χ0n) is 14.3. The molecule has 0 saturated carbocycles. The minimum Gasteiger partial charge on any atom is -0.214 e. The maximum Gasteiger partial charge on any atom is 0.696 e. The molecule has 1 N–H and O–H groups in total. The van der Waals surface area contributed by atoms with Gasteiger partial charge in [-0.3, -0.25) is 0 Å². The third-order valence-electron chi connectivity index (χ3n) is 1.50. The van der Waals surface area contributed by atoms with Crippen LogP contribution in [0.5, 0.6) is 0 Å². The second-order valence-electron chi connectivity index (χ2n) is 2.81. The Hall–Kier alpha value is 0.206. The fourth-order valence-corrected chi connectivity index (χ4v) is 1.02. The van der Waals surface area contributed by atoms with Crippen molar-refractivity contribution in [1.82, 2.24) is 0 Å². The largest absolute Gasteiger partial charge is 0.696 e. The van der Waals surface area contributed by atoms with Crippen LogP contribution < -0.4 is 0 Å². The molecular weight excluding hydrogens is 428 g/mol. The summed E-state index contributed by atoms with van der Waals surface area (Å²) in [6, 6.07) is 10.0. The molecule has 0 aliphatic heterocycles. The fraction of sp³-hybridized carbons (Fsp3) is 0.545. The summed E-state index contributed by atoms with van der Waals surface area (Å²) in [7, 11) is 2.57. The summed E-state index contributed by atoms with van der Waals surface area (Å²) < 4.78 is 45.2. The molecule has 0 amide bonds. The molecular formula is C11H25CoO9P3+2. The minimum atomic E-state index is -1.87. The number of hydrogen-bond donors (Lipinski definition) is 1. The Morgan fingerprint density at radius 1 is 0.792 bits per heavy atom. The van der Waals surface area contributed by atoms with Gasteiger partial charge in [-0.15, -0.1) is 18.1 Å². The molecule has 0 bridgehead atoms. The number of rotatable bonds is 6. The van der Waals surface area contributed by atoms with Gasteiger partial charge in [0.05, 0.1) is 42.7 Å². The maximum absolute atomic E-state index is 9.88. The van der Waals surface area contributed by atoms with Crippen molar-refractivity contribution < 1.29 is 57.9 Å². The Morgan fingerprint density at radius 2 is 1.08 bits per heavy atom. The third kappa shape index (κ3) is 33.7. The summed E-state index contributed by atoms with van der Waals surface area (Å²) >= 11 is 0. The molecule has 0 aliphatic rings. The molecule has 0 aromatic heterocycles. The third-order valence-corrected chi connectivity index (χ3v) is 3.39.